The molecule has 25 heavy (non-hydrogen) atoms. The summed E-state index contributed by atoms with van der Waals surface area (Å²) in [5.74, 6) is -0.680. The van der Waals surface area contributed by atoms with Gasteiger partial charge in [0, 0.05) is 5.69 Å². The average molecular weight is 359 g/mol. The number of amides is 2. The first-order valence-electron chi connectivity index (χ1n) is 8.23. The Morgan fingerprint density at radius 2 is 1.72 bits per heavy atom. The number of carbonyl (C=O) groups is 2. The molecule has 2 amide bonds. The van der Waals surface area contributed by atoms with Crippen molar-refractivity contribution >= 4 is 29.1 Å². The zero-order chi connectivity index (χ0) is 18.6. The summed E-state index contributed by atoms with van der Waals surface area (Å²) < 4.78 is 0. The first-order valence-corrected chi connectivity index (χ1v) is 8.61. The van der Waals surface area contributed by atoms with Gasteiger partial charge in [-0.3, -0.25) is 9.59 Å². The molecule has 2 rings (SSSR count). The SMILES string of the molecule is Cc1ccc(C)c(NC(=O)C(NC(=O)c2ccccc2Cl)C(C)C)c1. The van der Waals surface area contributed by atoms with E-state index in [4.69, 9.17) is 11.6 Å². The summed E-state index contributed by atoms with van der Waals surface area (Å²) in [7, 11) is 0. The third-order valence-corrected chi connectivity index (χ3v) is 4.33. The van der Waals surface area contributed by atoms with Gasteiger partial charge < -0.3 is 10.6 Å². The van der Waals surface area contributed by atoms with E-state index < -0.39 is 6.04 Å². The summed E-state index contributed by atoms with van der Waals surface area (Å²) in [6.07, 6.45) is 0. The first-order chi connectivity index (χ1) is 11.8. The van der Waals surface area contributed by atoms with Crippen LogP contribution in [-0.4, -0.2) is 17.9 Å². The number of hydrogen-bond acceptors (Lipinski definition) is 2. The highest BCUT2D eigenvalue weighted by Gasteiger charge is 2.25. The van der Waals surface area contributed by atoms with Gasteiger partial charge in [0.15, 0.2) is 0 Å². The molecule has 0 fully saturated rings. The van der Waals surface area contributed by atoms with Gasteiger partial charge in [-0.05, 0) is 49.1 Å². The molecule has 2 N–H and O–H groups in total. The van der Waals surface area contributed by atoms with Gasteiger partial charge in [0.25, 0.3) is 5.91 Å². The predicted molar refractivity (Wildman–Crippen MR) is 102 cm³/mol. The number of benzene rings is 2. The van der Waals surface area contributed by atoms with Crippen LogP contribution in [0.5, 0.6) is 0 Å². The van der Waals surface area contributed by atoms with Crippen LogP contribution in [0.1, 0.15) is 35.3 Å². The lowest BCUT2D eigenvalue weighted by molar-refractivity contribution is -0.118. The van der Waals surface area contributed by atoms with Crippen molar-refractivity contribution in [3.63, 3.8) is 0 Å². The van der Waals surface area contributed by atoms with E-state index in [2.05, 4.69) is 10.6 Å². The van der Waals surface area contributed by atoms with Gasteiger partial charge in [0.2, 0.25) is 5.91 Å². The fraction of sp³-hybridized carbons (Fsp3) is 0.300. The molecular weight excluding hydrogens is 336 g/mol. The Balaban J connectivity index is 2.17. The summed E-state index contributed by atoms with van der Waals surface area (Å²) in [5, 5.41) is 6.07. The summed E-state index contributed by atoms with van der Waals surface area (Å²) in [4.78, 5) is 25.2. The third-order valence-electron chi connectivity index (χ3n) is 4.01. The van der Waals surface area contributed by atoms with E-state index in [-0.39, 0.29) is 17.7 Å². The predicted octanol–water partition coefficient (Wildman–Crippen LogP) is 4.35. The molecule has 4 nitrogen and oxygen atoms in total. The van der Waals surface area contributed by atoms with E-state index in [9.17, 15) is 9.59 Å². The molecule has 5 heteroatoms. The minimum atomic E-state index is -0.663. The van der Waals surface area contributed by atoms with Gasteiger partial charge in [0.1, 0.15) is 6.04 Å². The Kier molecular flexibility index (Phi) is 6.21. The fourth-order valence-corrected chi connectivity index (χ4v) is 2.70. The molecule has 0 saturated carbocycles. The van der Waals surface area contributed by atoms with Crippen LogP contribution in [0.2, 0.25) is 5.02 Å². The van der Waals surface area contributed by atoms with Crippen LogP contribution in [0.15, 0.2) is 42.5 Å². The van der Waals surface area contributed by atoms with Gasteiger partial charge in [-0.1, -0.05) is 49.7 Å². The minimum absolute atomic E-state index is 0.0726. The minimum Gasteiger partial charge on any atom is -0.340 e. The largest absolute Gasteiger partial charge is 0.340 e. The molecule has 2 aromatic carbocycles. The molecule has 0 bridgehead atoms. The maximum absolute atomic E-state index is 12.7. The summed E-state index contributed by atoms with van der Waals surface area (Å²) >= 11 is 6.07. The lowest BCUT2D eigenvalue weighted by Gasteiger charge is -2.22. The molecule has 0 aliphatic rings. The Hall–Kier alpha value is -2.33. The highest BCUT2D eigenvalue weighted by Crippen LogP contribution is 2.19. The molecule has 2 aromatic rings. The fourth-order valence-electron chi connectivity index (χ4n) is 2.48. The van der Waals surface area contributed by atoms with Crippen molar-refractivity contribution in [2.75, 3.05) is 5.32 Å². The second-order valence-electron chi connectivity index (χ2n) is 6.48. The lowest BCUT2D eigenvalue weighted by atomic mass is 10.0. The number of rotatable bonds is 5. The van der Waals surface area contributed by atoms with Crippen molar-refractivity contribution < 1.29 is 9.59 Å². The number of nitrogens with one attached hydrogen (secondary N) is 2. The van der Waals surface area contributed by atoms with E-state index in [1.165, 1.54) is 0 Å². The monoisotopic (exact) mass is 358 g/mol. The second-order valence-corrected chi connectivity index (χ2v) is 6.89. The molecule has 0 aromatic heterocycles. The lowest BCUT2D eigenvalue weighted by Crippen LogP contribution is -2.47. The second kappa shape index (κ2) is 8.17. The third kappa shape index (κ3) is 4.83. The van der Waals surface area contributed by atoms with Crippen LogP contribution in [0, 0.1) is 19.8 Å². The molecule has 0 heterocycles. The van der Waals surface area contributed by atoms with Crippen molar-refractivity contribution in [1.29, 1.82) is 0 Å². The van der Waals surface area contributed by atoms with Gasteiger partial charge in [-0.25, -0.2) is 0 Å². The van der Waals surface area contributed by atoms with Crippen LogP contribution in [0.3, 0.4) is 0 Å². The van der Waals surface area contributed by atoms with E-state index in [1.54, 1.807) is 24.3 Å². The highest BCUT2D eigenvalue weighted by atomic mass is 35.5. The normalized spacial score (nSPS) is 11.9. The first kappa shape index (κ1) is 19.0. The van der Waals surface area contributed by atoms with Crippen LogP contribution in [-0.2, 0) is 4.79 Å². The Bertz CT molecular complexity index is 787. The number of hydrogen-bond donors (Lipinski definition) is 2. The van der Waals surface area contributed by atoms with E-state index >= 15 is 0 Å². The van der Waals surface area contributed by atoms with Crippen LogP contribution in [0.25, 0.3) is 0 Å². The van der Waals surface area contributed by atoms with Crippen LogP contribution >= 0.6 is 11.6 Å². The zero-order valence-corrected chi connectivity index (χ0v) is 15.6. The van der Waals surface area contributed by atoms with Gasteiger partial charge in [-0.2, -0.15) is 0 Å². The summed E-state index contributed by atoms with van der Waals surface area (Å²) in [6, 6.07) is 12.0. The van der Waals surface area contributed by atoms with Crippen LogP contribution in [0.4, 0.5) is 5.69 Å². The molecule has 1 unspecified atom stereocenters. The number of anilines is 1. The van der Waals surface area contributed by atoms with Crippen molar-refractivity contribution in [2.45, 2.75) is 33.7 Å². The van der Waals surface area contributed by atoms with E-state index in [1.807, 2.05) is 45.9 Å². The molecule has 1 atom stereocenters. The standard InChI is InChI=1S/C20H23ClN2O2/c1-12(2)18(23-19(24)15-7-5-6-8-16(15)21)20(25)22-17-11-13(3)9-10-14(17)4/h5-12,18H,1-4H3,(H,22,25)(H,23,24). The molecular formula is C20H23ClN2O2. The van der Waals surface area contributed by atoms with E-state index in [0.29, 0.717) is 10.6 Å². The average Bonchev–Trinajstić information content (AvgIpc) is 2.55. The van der Waals surface area contributed by atoms with Gasteiger partial charge in [-0.15, -0.1) is 0 Å². The van der Waals surface area contributed by atoms with Crippen molar-refractivity contribution in [3.05, 3.63) is 64.2 Å². The highest BCUT2D eigenvalue weighted by molar-refractivity contribution is 6.33. The van der Waals surface area contributed by atoms with E-state index in [0.717, 1.165) is 16.8 Å². The Labute approximate surface area is 153 Å². The summed E-state index contributed by atoms with van der Waals surface area (Å²) in [5.41, 5.74) is 3.14. The van der Waals surface area contributed by atoms with Crippen LogP contribution < -0.4 is 10.6 Å². The number of halogens is 1. The number of carbonyl (C=O) groups excluding carboxylic acids is 2. The molecule has 0 aliphatic carbocycles. The molecule has 0 radical (unpaired) electrons. The molecule has 0 aliphatic heterocycles. The molecule has 0 spiro atoms. The van der Waals surface area contributed by atoms with Crippen molar-refractivity contribution in [3.8, 4) is 0 Å². The molecule has 132 valence electrons. The maximum atomic E-state index is 12.7. The van der Waals surface area contributed by atoms with Gasteiger partial charge >= 0.3 is 0 Å². The van der Waals surface area contributed by atoms with Crippen molar-refractivity contribution in [2.24, 2.45) is 5.92 Å². The Morgan fingerprint density at radius 3 is 2.36 bits per heavy atom. The topological polar surface area (TPSA) is 58.2 Å². The van der Waals surface area contributed by atoms with Gasteiger partial charge in [0.05, 0.1) is 10.6 Å². The Morgan fingerprint density at radius 1 is 1.04 bits per heavy atom. The smallest absolute Gasteiger partial charge is 0.253 e. The maximum Gasteiger partial charge on any atom is 0.253 e. The summed E-state index contributed by atoms with van der Waals surface area (Å²) in [6.45, 7) is 7.68. The van der Waals surface area contributed by atoms with Crippen molar-refractivity contribution in [1.82, 2.24) is 5.32 Å². The zero-order valence-electron chi connectivity index (χ0n) is 14.9. The number of aryl methyl sites for hydroxylation is 2. The quantitative estimate of drug-likeness (QED) is 0.834. The molecule has 0 saturated heterocycles.